The molecule has 126 valence electrons. The van der Waals surface area contributed by atoms with Crippen LogP contribution < -0.4 is 5.73 Å². The molecular weight excluding hydrogens is 286 g/mol. The van der Waals surface area contributed by atoms with Crippen molar-refractivity contribution in [2.24, 2.45) is 11.7 Å². The van der Waals surface area contributed by atoms with Crippen LogP contribution in [0.3, 0.4) is 0 Å². The predicted molar refractivity (Wildman–Crippen MR) is 93.2 cm³/mol. The molecule has 0 radical (unpaired) electrons. The number of nitrogens with zero attached hydrogens (tertiary/aromatic N) is 2. The molecule has 4 nitrogen and oxygen atoms in total. The molecule has 0 saturated carbocycles. The van der Waals surface area contributed by atoms with Gasteiger partial charge in [0, 0.05) is 37.0 Å². The Bertz CT molecular complexity index is 523. The quantitative estimate of drug-likeness (QED) is 0.929. The SMILES string of the molecule is CC(C)N1CCC(C(=O)N2C[C@@H](N)[C@H](c3ccccc3)C2)CC1. The Kier molecular flexibility index (Phi) is 5.02. The fraction of sp³-hybridized carbons (Fsp3) is 0.632. The first-order valence-corrected chi connectivity index (χ1v) is 8.89. The Morgan fingerprint density at radius 3 is 2.39 bits per heavy atom. The first-order valence-electron chi connectivity index (χ1n) is 8.89. The van der Waals surface area contributed by atoms with Gasteiger partial charge in [-0.2, -0.15) is 0 Å². The monoisotopic (exact) mass is 315 g/mol. The summed E-state index contributed by atoms with van der Waals surface area (Å²) in [6.45, 7) is 8.00. The minimum Gasteiger partial charge on any atom is -0.340 e. The highest BCUT2D eigenvalue weighted by Crippen LogP contribution is 2.29. The number of rotatable bonds is 3. The van der Waals surface area contributed by atoms with Gasteiger partial charge in [0.25, 0.3) is 0 Å². The second kappa shape index (κ2) is 7.02. The van der Waals surface area contributed by atoms with E-state index in [0.29, 0.717) is 18.5 Å². The van der Waals surface area contributed by atoms with Crippen LogP contribution in [0, 0.1) is 5.92 Å². The van der Waals surface area contributed by atoms with Crippen molar-refractivity contribution in [1.29, 1.82) is 0 Å². The number of benzene rings is 1. The lowest BCUT2D eigenvalue weighted by Gasteiger charge is -2.35. The number of piperidine rings is 1. The Hall–Kier alpha value is -1.39. The van der Waals surface area contributed by atoms with E-state index >= 15 is 0 Å². The summed E-state index contributed by atoms with van der Waals surface area (Å²) in [5.74, 6) is 0.782. The third-order valence-corrected chi connectivity index (χ3v) is 5.51. The minimum absolute atomic E-state index is 0.0529. The highest BCUT2D eigenvalue weighted by atomic mass is 16.2. The van der Waals surface area contributed by atoms with Gasteiger partial charge in [0.1, 0.15) is 0 Å². The van der Waals surface area contributed by atoms with Gasteiger partial charge in [-0.15, -0.1) is 0 Å². The lowest BCUT2D eigenvalue weighted by molar-refractivity contribution is -0.136. The number of amides is 1. The largest absolute Gasteiger partial charge is 0.340 e. The molecular formula is C19H29N3O. The summed E-state index contributed by atoms with van der Waals surface area (Å²) < 4.78 is 0. The van der Waals surface area contributed by atoms with Crippen molar-refractivity contribution in [3.63, 3.8) is 0 Å². The summed E-state index contributed by atoms with van der Waals surface area (Å²) in [6.07, 6.45) is 1.97. The highest BCUT2D eigenvalue weighted by Gasteiger charge is 2.37. The van der Waals surface area contributed by atoms with E-state index in [4.69, 9.17) is 5.73 Å². The van der Waals surface area contributed by atoms with E-state index in [1.807, 2.05) is 23.1 Å². The lowest BCUT2D eigenvalue weighted by Crippen LogP contribution is -2.44. The maximum atomic E-state index is 12.9. The zero-order valence-corrected chi connectivity index (χ0v) is 14.3. The molecule has 2 atom stereocenters. The van der Waals surface area contributed by atoms with Crippen molar-refractivity contribution >= 4 is 5.91 Å². The topological polar surface area (TPSA) is 49.6 Å². The van der Waals surface area contributed by atoms with E-state index in [1.54, 1.807) is 0 Å². The fourth-order valence-electron chi connectivity index (χ4n) is 3.98. The first kappa shape index (κ1) is 16.5. The molecule has 2 aliphatic heterocycles. The molecule has 3 rings (SSSR count). The van der Waals surface area contributed by atoms with Gasteiger partial charge < -0.3 is 15.5 Å². The first-order chi connectivity index (χ1) is 11.1. The molecule has 4 heteroatoms. The second-order valence-corrected chi connectivity index (χ2v) is 7.33. The van der Waals surface area contributed by atoms with Crippen molar-refractivity contribution in [1.82, 2.24) is 9.80 Å². The van der Waals surface area contributed by atoms with Crippen LogP contribution in [-0.2, 0) is 4.79 Å². The standard InChI is InChI=1S/C19H29N3O/c1-14(2)21-10-8-16(9-11-21)19(23)22-12-17(18(20)13-22)15-6-4-3-5-7-15/h3-7,14,16-18H,8-13,20H2,1-2H3/t17-,18+/m0/s1. The van der Waals surface area contributed by atoms with Gasteiger partial charge in [0.2, 0.25) is 5.91 Å². The van der Waals surface area contributed by atoms with Crippen LogP contribution in [-0.4, -0.2) is 54.0 Å². The predicted octanol–water partition coefficient (Wildman–Crippen LogP) is 2.06. The van der Waals surface area contributed by atoms with Crippen molar-refractivity contribution in [3.05, 3.63) is 35.9 Å². The van der Waals surface area contributed by atoms with E-state index in [0.717, 1.165) is 32.5 Å². The zero-order chi connectivity index (χ0) is 16.4. The summed E-state index contributed by atoms with van der Waals surface area (Å²) in [7, 11) is 0. The number of carbonyl (C=O) groups excluding carboxylic acids is 1. The fourth-order valence-corrected chi connectivity index (χ4v) is 3.98. The van der Waals surface area contributed by atoms with Crippen molar-refractivity contribution < 1.29 is 4.79 Å². The number of hydrogen-bond donors (Lipinski definition) is 1. The molecule has 2 heterocycles. The molecule has 0 unspecified atom stereocenters. The Labute approximate surface area is 139 Å². The van der Waals surface area contributed by atoms with Gasteiger partial charge >= 0.3 is 0 Å². The molecule has 2 fully saturated rings. The smallest absolute Gasteiger partial charge is 0.225 e. The molecule has 2 aliphatic rings. The summed E-state index contributed by atoms with van der Waals surface area (Å²) in [5, 5.41) is 0. The molecule has 0 bridgehead atoms. The Balaban J connectivity index is 1.59. The van der Waals surface area contributed by atoms with Crippen molar-refractivity contribution in [2.45, 2.75) is 44.7 Å². The summed E-state index contributed by atoms with van der Waals surface area (Å²) >= 11 is 0. The van der Waals surface area contributed by atoms with Crippen LogP contribution in [0.1, 0.15) is 38.2 Å². The van der Waals surface area contributed by atoms with Crippen molar-refractivity contribution in [3.8, 4) is 0 Å². The van der Waals surface area contributed by atoms with E-state index in [-0.39, 0.29) is 17.9 Å². The van der Waals surface area contributed by atoms with Gasteiger partial charge in [0.15, 0.2) is 0 Å². The van der Waals surface area contributed by atoms with Crippen LogP contribution in [0.4, 0.5) is 0 Å². The lowest BCUT2D eigenvalue weighted by atomic mass is 9.94. The summed E-state index contributed by atoms with van der Waals surface area (Å²) in [5.41, 5.74) is 7.58. The van der Waals surface area contributed by atoms with Gasteiger partial charge in [-0.05, 0) is 45.3 Å². The van der Waals surface area contributed by atoms with Crippen molar-refractivity contribution in [2.75, 3.05) is 26.2 Å². The third-order valence-electron chi connectivity index (χ3n) is 5.51. The molecule has 2 N–H and O–H groups in total. The molecule has 1 amide bonds. The van der Waals surface area contributed by atoms with Gasteiger partial charge in [-0.1, -0.05) is 30.3 Å². The van der Waals surface area contributed by atoms with Gasteiger partial charge in [-0.3, -0.25) is 4.79 Å². The van der Waals surface area contributed by atoms with E-state index < -0.39 is 0 Å². The number of nitrogens with two attached hydrogens (primary N) is 1. The van der Waals surface area contributed by atoms with Crippen LogP contribution in [0.5, 0.6) is 0 Å². The van der Waals surface area contributed by atoms with Gasteiger partial charge in [0.05, 0.1) is 0 Å². The average molecular weight is 315 g/mol. The molecule has 0 spiro atoms. The molecule has 1 aromatic rings. The Morgan fingerprint density at radius 2 is 1.78 bits per heavy atom. The van der Waals surface area contributed by atoms with Crippen LogP contribution >= 0.6 is 0 Å². The van der Waals surface area contributed by atoms with Crippen LogP contribution in [0.15, 0.2) is 30.3 Å². The maximum Gasteiger partial charge on any atom is 0.225 e. The maximum absolute atomic E-state index is 12.9. The molecule has 2 saturated heterocycles. The van der Waals surface area contributed by atoms with Crippen LogP contribution in [0.2, 0.25) is 0 Å². The third kappa shape index (κ3) is 3.59. The van der Waals surface area contributed by atoms with Gasteiger partial charge in [-0.25, -0.2) is 0 Å². The Morgan fingerprint density at radius 1 is 1.13 bits per heavy atom. The number of likely N-dealkylation sites (tertiary alicyclic amines) is 2. The number of hydrogen-bond acceptors (Lipinski definition) is 3. The molecule has 0 aliphatic carbocycles. The molecule has 0 aromatic heterocycles. The highest BCUT2D eigenvalue weighted by molar-refractivity contribution is 5.79. The summed E-state index contributed by atoms with van der Waals surface area (Å²) in [6, 6.07) is 11.0. The summed E-state index contributed by atoms with van der Waals surface area (Å²) in [4.78, 5) is 17.3. The normalized spacial score (nSPS) is 26.9. The average Bonchev–Trinajstić information content (AvgIpc) is 2.97. The molecule has 23 heavy (non-hydrogen) atoms. The second-order valence-electron chi connectivity index (χ2n) is 7.33. The van der Waals surface area contributed by atoms with E-state index in [9.17, 15) is 4.79 Å². The minimum atomic E-state index is 0.0529. The van der Waals surface area contributed by atoms with Crippen LogP contribution in [0.25, 0.3) is 0 Å². The van der Waals surface area contributed by atoms with E-state index in [1.165, 1.54) is 5.56 Å². The molecule has 1 aromatic carbocycles. The number of carbonyl (C=O) groups is 1. The van der Waals surface area contributed by atoms with E-state index in [2.05, 4.69) is 30.9 Å². The zero-order valence-electron chi connectivity index (χ0n) is 14.3.